The molecule has 0 atom stereocenters. The number of hydrogen-bond acceptors (Lipinski definition) is 3. The zero-order valence-corrected chi connectivity index (χ0v) is 25.4. The maximum Gasteiger partial charge on any atom is 2.00 e. The van der Waals surface area contributed by atoms with E-state index in [9.17, 15) is 4.79 Å². The molecule has 0 bridgehead atoms. The summed E-state index contributed by atoms with van der Waals surface area (Å²) in [5, 5.41) is 6.33. The third-order valence-corrected chi connectivity index (χ3v) is 6.00. The molecule has 1 heterocycles. The van der Waals surface area contributed by atoms with Gasteiger partial charge in [0.05, 0.1) is 11.0 Å². The monoisotopic (exact) mass is 796 g/mol. The summed E-state index contributed by atoms with van der Waals surface area (Å²) in [5.74, 6) is 0.626. The first kappa shape index (κ1) is 27.0. The van der Waals surface area contributed by atoms with Crippen molar-refractivity contribution in [2.75, 3.05) is 10.6 Å². The van der Waals surface area contributed by atoms with Gasteiger partial charge in [0, 0.05) is 26.9 Å². The molecule has 0 unspecified atom stereocenters. The molecule has 1 aromatic heterocycles. The standard InChI is InChI=1S/C27H20IN4O.CH3.U/c28-21-11-13-22(14-12-21)29-17-18-6-15-24-25(16-18)32-26(31-24)19-7-9-20(10-8-19)27(33)30-23-4-2-1-3-5-23;;/h2-16,29H,17H2,(H,30,33)(H,31,32);1H3;/q2*-1;+2. The summed E-state index contributed by atoms with van der Waals surface area (Å²) in [6, 6.07) is 32.1. The zero-order chi connectivity index (χ0) is 22.6. The molecule has 5 rings (SSSR count). The van der Waals surface area contributed by atoms with Crippen molar-refractivity contribution in [1.82, 2.24) is 9.97 Å². The molecule has 3 N–H and O–H groups in total. The van der Waals surface area contributed by atoms with E-state index in [1.807, 2.05) is 42.5 Å². The van der Waals surface area contributed by atoms with Gasteiger partial charge in [0.25, 0.3) is 5.91 Å². The van der Waals surface area contributed by atoms with Gasteiger partial charge in [-0.15, -0.1) is 12.1 Å². The summed E-state index contributed by atoms with van der Waals surface area (Å²) in [4.78, 5) is 20.6. The van der Waals surface area contributed by atoms with Gasteiger partial charge in [-0.3, -0.25) is 4.79 Å². The summed E-state index contributed by atoms with van der Waals surface area (Å²) in [5.41, 5.74) is 6.41. The molecule has 1 amide bonds. The second-order valence-electron chi connectivity index (χ2n) is 7.62. The Morgan fingerprint density at radius 2 is 1.63 bits per heavy atom. The first-order valence-corrected chi connectivity index (χ1v) is 11.6. The molecule has 0 aliphatic rings. The minimum Gasteiger partial charge on any atom is -0.381 e. The molecule has 5 nitrogen and oxygen atoms in total. The summed E-state index contributed by atoms with van der Waals surface area (Å²) in [6.45, 7) is 0.730. The normalized spacial score (nSPS) is 10.2. The molecule has 0 aliphatic carbocycles. The first-order valence-electron chi connectivity index (χ1n) is 10.5. The Labute approximate surface area is 242 Å². The maximum atomic E-state index is 12.5. The second-order valence-corrected chi connectivity index (χ2v) is 8.86. The van der Waals surface area contributed by atoms with Gasteiger partial charge in [-0.2, -0.15) is 18.2 Å². The number of benzene rings is 4. The smallest absolute Gasteiger partial charge is 0.381 e. The number of halogens is 1. The molecular weight excluding hydrogens is 773 g/mol. The molecule has 0 fully saturated rings. The van der Waals surface area contributed by atoms with Crippen LogP contribution in [0.5, 0.6) is 0 Å². The number of fused-ring (bicyclic) bond motifs is 1. The van der Waals surface area contributed by atoms with Crippen LogP contribution in [0.25, 0.3) is 22.4 Å². The van der Waals surface area contributed by atoms with E-state index in [2.05, 4.69) is 80.7 Å². The Morgan fingerprint density at radius 1 is 0.914 bits per heavy atom. The fourth-order valence-electron chi connectivity index (χ4n) is 3.53. The SMILES string of the molecule is O=C(Nc1cc[c-]cc1)c1ccc(-c2nc3ccc(CNc4ccc(I)cc4)cc3[nH]2)cc1.[CH3-].[U+2]. The van der Waals surface area contributed by atoms with E-state index in [4.69, 9.17) is 4.98 Å². The zero-order valence-electron chi connectivity index (χ0n) is 19.1. The van der Waals surface area contributed by atoms with Gasteiger partial charge < -0.3 is 23.0 Å². The fourth-order valence-corrected chi connectivity index (χ4v) is 3.89. The number of carbonyl (C=O) groups excluding carboxylic acids is 1. The summed E-state index contributed by atoms with van der Waals surface area (Å²) in [6.07, 6.45) is 0. The molecule has 0 saturated heterocycles. The number of carbonyl (C=O) groups is 1. The largest absolute Gasteiger partial charge is 2.00 e. The van der Waals surface area contributed by atoms with Gasteiger partial charge in [0.1, 0.15) is 5.82 Å². The van der Waals surface area contributed by atoms with E-state index in [0.717, 1.165) is 40.3 Å². The van der Waals surface area contributed by atoms with Crippen LogP contribution >= 0.6 is 22.6 Å². The van der Waals surface area contributed by atoms with E-state index in [-0.39, 0.29) is 44.4 Å². The van der Waals surface area contributed by atoms with Crippen LogP contribution < -0.4 is 10.6 Å². The van der Waals surface area contributed by atoms with Gasteiger partial charge in [-0.05, 0) is 76.7 Å². The predicted octanol–water partition coefficient (Wildman–Crippen LogP) is 6.95. The molecule has 172 valence electrons. The molecule has 0 aliphatic heterocycles. The van der Waals surface area contributed by atoms with Crippen molar-refractivity contribution in [2.24, 2.45) is 0 Å². The minimum atomic E-state index is -0.150. The van der Waals surface area contributed by atoms with Crippen LogP contribution in [0.1, 0.15) is 15.9 Å². The first-order chi connectivity index (χ1) is 16.1. The Kier molecular flexibility index (Phi) is 9.56. The van der Waals surface area contributed by atoms with Gasteiger partial charge in [0.2, 0.25) is 0 Å². The van der Waals surface area contributed by atoms with E-state index in [1.54, 1.807) is 12.1 Å². The van der Waals surface area contributed by atoms with E-state index >= 15 is 0 Å². The summed E-state index contributed by atoms with van der Waals surface area (Å²) in [7, 11) is 0. The Morgan fingerprint density at radius 3 is 2.34 bits per heavy atom. The Hall–Kier alpha value is -2.60. The molecule has 0 spiro atoms. The van der Waals surface area contributed by atoms with Crippen LogP contribution in [0.2, 0.25) is 0 Å². The average Bonchev–Trinajstić information content (AvgIpc) is 3.28. The van der Waals surface area contributed by atoms with Crippen LogP contribution in [0, 0.1) is 48.2 Å². The van der Waals surface area contributed by atoms with Gasteiger partial charge >= 0.3 is 31.1 Å². The Bertz CT molecular complexity index is 1400. The van der Waals surface area contributed by atoms with Crippen molar-refractivity contribution in [2.45, 2.75) is 6.54 Å². The quantitative estimate of drug-likeness (QED) is 0.129. The number of nitrogens with zero attached hydrogens (tertiary/aromatic N) is 1. The predicted molar refractivity (Wildman–Crippen MR) is 148 cm³/mol. The van der Waals surface area contributed by atoms with Crippen LogP contribution in [0.4, 0.5) is 11.4 Å². The van der Waals surface area contributed by atoms with E-state index in [1.165, 1.54) is 9.13 Å². The molecule has 0 saturated carbocycles. The van der Waals surface area contributed by atoms with E-state index < -0.39 is 0 Å². The van der Waals surface area contributed by atoms with E-state index in [0.29, 0.717) is 5.56 Å². The number of rotatable bonds is 6. The summed E-state index contributed by atoms with van der Waals surface area (Å²) >= 11 is 2.30. The number of hydrogen-bond donors (Lipinski definition) is 3. The van der Waals surface area contributed by atoms with Crippen molar-refractivity contribution in [3.8, 4) is 11.4 Å². The molecular formula is C28H23IN4OU. The van der Waals surface area contributed by atoms with Gasteiger partial charge in [-0.25, -0.2) is 4.98 Å². The minimum absolute atomic E-state index is 0. The Balaban J connectivity index is 0.00000171. The molecule has 4 aromatic carbocycles. The van der Waals surface area contributed by atoms with Crippen molar-refractivity contribution < 1.29 is 35.9 Å². The van der Waals surface area contributed by atoms with Gasteiger partial charge in [-0.1, -0.05) is 23.9 Å². The number of aromatic nitrogens is 2. The van der Waals surface area contributed by atoms with Crippen LogP contribution in [-0.4, -0.2) is 15.9 Å². The van der Waals surface area contributed by atoms with Gasteiger partial charge in [0.15, 0.2) is 0 Å². The van der Waals surface area contributed by atoms with Crippen LogP contribution in [-0.2, 0) is 6.54 Å². The second kappa shape index (κ2) is 12.4. The maximum absolute atomic E-state index is 12.5. The number of anilines is 2. The molecule has 7 heteroatoms. The van der Waals surface area contributed by atoms with Crippen molar-refractivity contribution >= 4 is 50.9 Å². The fraction of sp³-hybridized carbons (Fsp3) is 0.0357. The number of imidazole rings is 1. The van der Waals surface area contributed by atoms with Crippen molar-refractivity contribution in [3.63, 3.8) is 0 Å². The van der Waals surface area contributed by atoms with Crippen LogP contribution in [0.15, 0.2) is 91.0 Å². The summed E-state index contributed by atoms with van der Waals surface area (Å²) < 4.78 is 1.22. The molecule has 0 radical (unpaired) electrons. The number of nitrogens with one attached hydrogen (secondary N) is 3. The van der Waals surface area contributed by atoms with Crippen LogP contribution in [0.3, 0.4) is 0 Å². The molecule has 5 aromatic rings. The number of aromatic amines is 1. The topological polar surface area (TPSA) is 69.8 Å². The van der Waals surface area contributed by atoms with Crippen molar-refractivity contribution in [1.29, 1.82) is 0 Å². The number of amides is 1. The number of H-pyrrole nitrogens is 1. The third kappa shape index (κ3) is 6.75. The van der Waals surface area contributed by atoms with Crippen molar-refractivity contribution in [3.05, 3.63) is 119 Å². The third-order valence-electron chi connectivity index (χ3n) is 5.28. The molecule has 35 heavy (non-hydrogen) atoms. The average molecular weight is 796 g/mol.